The van der Waals surface area contributed by atoms with Crippen molar-refractivity contribution in [3.8, 4) is 11.5 Å². The van der Waals surface area contributed by atoms with Crippen LogP contribution in [0.3, 0.4) is 0 Å². The van der Waals surface area contributed by atoms with Crippen molar-refractivity contribution < 1.29 is 19.7 Å². The molecule has 0 fully saturated rings. The Morgan fingerprint density at radius 2 is 2.05 bits per heavy atom. The maximum atomic E-state index is 11.4. The van der Waals surface area contributed by atoms with E-state index in [0.717, 1.165) is 0 Å². The van der Waals surface area contributed by atoms with Crippen LogP contribution in [-0.4, -0.2) is 28.5 Å². The third-order valence-electron chi connectivity index (χ3n) is 2.29. The number of phenols is 2. The minimum Gasteiger partial charge on any atom is -0.508 e. The van der Waals surface area contributed by atoms with E-state index in [1.165, 1.54) is 12.1 Å². The van der Waals surface area contributed by atoms with Gasteiger partial charge in [-0.1, -0.05) is 12.2 Å². The number of amides is 1. The smallest absolute Gasteiger partial charge is 0.407 e. The van der Waals surface area contributed by atoms with Gasteiger partial charge in [0.05, 0.1) is 0 Å². The molecule has 20 heavy (non-hydrogen) atoms. The molecule has 0 aromatic heterocycles. The Hall–Kier alpha value is -2.17. The van der Waals surface area contributed by atoms with Gasteiger partial charge in [-0.15, -0.1) is 0 Å². The summed E-state index contributed by atoms with van der Waals surface area (Å²) in [6.07, 6.45) is 3.72. The van der Waals surface area contributed by atoms with Gasteiger partial charge >= 0.3 is 6.09 Å². The number of hydrogen-bond acceptors (Lipinski definition) is 4. The van der Waals surface area contributed by atoms with Gasteiger partial charge in [0.2, 0.25) is 0 Å². The highest BCUT2D eigenvalue weighted by molar-refractivity contribution is 5.67. The molecule has 1 aromatic rings. The fourth-order valence-electron chi connectivity index (χ4n) is 1.46. The molecule has 0 aliphatic rings. The number of carbonyl (C=O) groups excluding carboxylic acids is 1. The van der Waals surface area contributed by atoms with Crippen molar-refractivity contribution in [1.29, 1.82) is 0 Å². The van der Waals surface area contributed by atoms with Gasteiger partial charge in [0.25, 0.3) is 0 Å². The molecule has 0 atom stereocenters. The maximum Gasteiger partial charge on any atom is 0.407 e. The maximum absolute atomic E-state index is 11.4. The molecule has 0 unspecified atom stereocenters. The lowest BCUT2D eigenvalue weighted by Crippen LogP contribution is -2.32. The number of nitrogens with one attached hydrogen (secondary N) is 1. The summed E-state index contributed by atoms with van der Waals surface area (Å²) in [4.78, 5) is 11.4. The summed E-state index contributed by atoms with van der Waals surface area (Å²) in [5, 5.41) is 21.4. The SMILES string of the molecule is CC(C)(C)OC(=O)NCCC=Cc1ccc(O)cc1O. The first kappa shape index (κ1) is 15.9. The zero-order valence-electron chi connectivity index (χ0n) is 12.0. The van der Waals surface area contributed by atoms with Crippen molar-refractivity contribution in [2.75, 3.05) is 6.54 Å². The Bertz CT molecular complexity index is 489. The fourth-order valence-corrected chi connectivity index (χ4v) is 1.46. The summed E-state index contributed by atoms with van der Waals surface area (Å²) in [6.45, 7) is 5.87. The van der Waals surface area contributed by atoms with Crippen molar-refractivity contribution >= 4 is 12.2 Å². The van der Waals surface area contributed by atoms with Gasteiger partial charge in [-0.25, -0.2) is 4.79 Å². The quantitative estimate of drug-likeness (QED) is 0.740. The van der Waals surface area contributed by atoms with Crippen LogP contribution in [0.5, 0.6) is 11.5 Å². The second kappa shape index (κ2) is 6.84. The molecule has 1 rings (SSSR count). The molecular weight excluding hydrogens is 258 g/mol. The summed E-state index contributed by atoms with van der Waals surface area (Å²) in [6, 6.07) is 4.39. The van der Waals surface area contributed by atoms with Crippen LogP contribution < -0.4 is 5.32 Å². The second-order valence-corrected chi connectivity index (χ2v) is 5.36. The van der Waals surface area contributed by atoms with Gasteiger partial charge in [0.15, 0.2) is 0 Å². The summed E-state index contributed by atoms with van der Waals surface area (Å²) in [5.74, 6) is 0.0348. The Labute approximate surface area is 118 Å². The number of phenolic OH excluding ortho intramolecular Hbond substituents is 2. The Balaban J connectivity index is 2.34. The predicted octanol–water partition coefficient (Wildman–Crippen LogP) is 3.03. The molecule has 0 radical (unpaired) electrons. The van der Waals surface area contributed by atoms with Crippen molar-refractivity contribution in [2.45, 2.75) is 32.8 Å². The molecule has 5 heteroatoms. The number of benzene rings is 1. The van der Waals surface area contributed by atoms with Crippen LogP contribution in [0.4, 0.5) is 4.79 Å². The molecule has 0 saturated heterocycles. The van der Waals surface area contributed by atoms with Crippen LogP contribution in [0.15, 0.2) is 24.3 Å². The van der Waals surface area contributed by atoms with Crippen LogP contribution in [-0.2, 0) is 4.74 Å². The van der Waals surface area contributed by atoms with Crippen molar-refractivity contribution in [2.24, 2.45) is 0 Å². The number of alkyl carbamates (subject to hydrolysis) is 1. The van der Waals surface area contributed by atoms with Crippen LogP contribution in [0.25, 0.3) is 6.08 Å². The van der Waals surface area contributed by atoms with Crippen LogP contribution in [0.2, 0.25) is 0 Å². The van der Waals surface area contributed by atoms with E-state index in [2.05, 4.69) is 5.32 Å². The van der Waals surface area contributed by atoms with Crippen molar-refractivity contribution in [3.05, 3.63) is 29.8 Å². The molecular formula is C15H21NO4. The molecule has 3 N–H and O–H groups in total. The standard InChI is InChI=1S/C15H21NO4/c1-15(2,3)20-14(19)16-9-5-4-6-11-7-8-12(17)10-13(11)18/h4,6-8,10,17-18H,5,9H2,1-3H3,(H,16,19). The highest BCUT2D eigenvalue weighted by Crippen LogP contribution is 2.23. The number of rotatable bonds is 4. The number of carbonyl (C=O) groups is 1. The zero-order valence-corrected chi connectivity index (χ0v) is 12.0. The van der Waals surface area contributed by atoms with Crippen LogP contribution >= 0.6 is 0 Å². The Morgan fingerprint density at radius 3 is 2.65 bits per heavy atom. The van der Waals surface area contributed by atoms with Crippen molar-refractivity contribution in [3.63, 3.8) is 0 Å². The molecule has 0 heterocycles. The first-order valence-corrected chi connectivity index (χ1v) is 6.43. The Morgan fingerprint density at radius 1 is 1.35 bits per heavy atom. The first-order valence-electron chi connectivity index (χ1n) is 6.43. The van der Waals surface area contributed by atoms with Gasteiger partial charge in [-0.05, 0) is 39.3 Å². The summed E-state index contributed by atoms with van der Waals surface area (Å²) in [5.41, 5.74) is 0.109. The molecule has 0 spiro atoms. The lowest BCUT2D eigenvalue weighted by atomic mass is 10.1. The minimum atomic E-state index is -0.502. The average molecular weight is 279 g/mol. The van der Waals surface area contributed by atoms with Gasteiger partial charge < -0.3 is 20.3 Å². The number of hydrogen-bond donors (Lipinski definition) is 3. The molecule has 0 aliphatic carbocycles. The Kier molecular flexibility index (Phi) is 5.43. The topological polar surface area (TPSA) is 78.8 Å². The summed E-state index contributed by atoms with van der Waals surface area (Å²) >= 11 is 0. The highest BCUT2D eigenvalue weighted by atomic mass is 16.6. The third-order valence-corrected chi connectivity index (χ3v) is 2.29. The first-order chi connectivity index (χ1) is 9.28. The number of ether oxygens (including phenoxy) is 1. The van der Waals surface area contributed by atoms with E-state index in [-0.39, 0.29) is 11.5 Å². The lowest BCUT2D eigenvalue weighted by Gasteiger charge is -2.19. The van der Waals surface area contributed by atoms with E-state index >= 15 is 0 Å². The van der Waals surface area contributed by atoms with Gasteiger partial charge in [-0.3, -0.25) is 0 Å². The monoisotopic (exact) mass is 279 g/mol. The minimum absolute atomic E-state index is 0.0151. The fraction of sp³-hybridized carbons (Fsp3) is 0.400. The molecule has 1 amide bonds. The third kappa shape index (κ3) is 6.13. The number of aromatic hydroxyl groups is 2. The zero-order chi connectivity index (χ0) is 15.2. The lowest BCUT2D eigenvalue weighted by molar-refractivity contribution is 0.0529. The predicted molar refractivity (Wildman–Crippen MR) is 77.7 cm³/mol. The highest BCUT2D eigenvalue weighted by Gasteiger charge is 2.15. The molecule has 110 valence electrons. The molecule has 0 aliphatic heterocycles. The second-order valence-electron chi connectivity index (χ2n) is 5.36. The summed E-state index contributed by atoms with van der Waals surface area (Å²) < 4.78 is 5.09. The van der Waals surface area contributed by atoms with Crippen molar-refractivity contribution in [1.82, 2.24) is 5.32 Å². The van der Waals surface area contributed by atoms with E-state index in [0.29, 0.717) is 18.5 Å². The van der Waals surface area contributed by atoms with E-state index < -0.39 is 11.7 Å². The molecule has 0 bridgehead atoms. The van der Waals surface area contributed by atoms with Crippen LogP contribution in [0.1, 0.15) is 32.8 Å². The summed E-state index contributed by atoms with van der Waals surface area (Å²) in [7, 11) is 0. The van der Waals surface area contributed by atoms with Crippen LogP contribution in [0, 0.1) is 0 Å². The van der Waals surface area contributed by atoms with Gasteiger partial charge in [0, 0.05) is 18.2 Å². The van der Waals surface area contributed by atoms with E-state index in [4.69, 9.17) is 9.84 Å². The van der Waals surface area contributed by atoms with E-state index in [1.807, 2.05) is 6.08 Å². The molecule has 0 saturated carbocycles. The largest absolute Gasteiger partial charge is 0.508 e. The normalized spacial score (nSPS) is 11.6. The average Bonchev–Trinajstić information content (AvgIpc) is 2.28. The van der Waals surface area contributed by atoms with Gasteiger partial charge in [-0.2, -0.15) is 0 Å². The van der Waals surface area contributed by atoms with Gasteiger partial charge in [0.1, 0.15) is 17.1 Å². The molecule has 1 aromatic carbocycles. The van der Waals surface area contributed by atoms with E-state index in [1.54, 1.807) is 32.9 Å². The molecule has 5 nitrogen and oxygen atoms in total. The van der Waals surface area contributed by atoms with E-state index in [9.17, 15) is 9.90 Å².